The van der Waals surface area contributed by atoms with Gasteiger partial charge in [0.15, 0.2) is 0 Å². The van der Waals surface area contributed by atoms with Gasteiger partial charge in [0.05, 0.1) is 13.7 Å². The summed E-state index contributed by atoms with van der Waals surface area (Å²) in [6, 6.07) is 4.28. The Hall–Kier alpha value is -2.57. The third-order valence-electron chi connectivity index (χ3n) is 3.22. The fraction of sp³-hybridized carbons (Fsp3) is 0.357. The SMILES string of the molecule is COc1cc(NC(=O)CN2CCCC2=O)ccc1C(=O)O. The minimum atomic E-state index is -1.10. The van der Waals surface area contributed by atoms with Crippen molar-refractivity contribution in [2.75, 3.05) is 25.5 Å². The maximum absolute atomic E-state index is 11.9. The lowest BCUT2D eigenvalue weighted by Crippen LogP contribution is -2.33. The average Bonchev–Trinajstić information content (AvgIpc) is 2.83. The standard InChI is InChI=1S/C14H16N2O5/c1-21-11-7-9(4-5-10(11)14(19)20)15-12(17)8-16-6-2-3-13(16)18/h4-5,7H,2-3,6,8H2,1H3,(H,15,17)(H,19,20). The van der Waals surface area contributed by atoms with Gasteiger partial charge in [-0.1, -0.05) is 0 Å². The van der Waals surface area contributed by atoms with Crippen LogP contribution in [-0.4, -0.2) is 48.0 Å². The molecule has 0 bridgehead atoms. The van der Waals surface area contributed by atoms with Crippen LogP contribution in [0, 0.1) is 0 Å². The van der Waals surface area contributed by atoms with Crippen LogP contribution >= 0.6 is 0 Å². The Morgan fingerprint density at radius 3 is 2.76 bits per heavy atom. The number of carboxylic acid groups (broad SMARTS) is 1. The second kappa shape index (κ2) is 6.25. The molecule has 1 heterocycles. The van der Waals surface area contributed by atoms with Crippen molar-refractivity contribution in [3.8, 4) is 5.75 Å². The maximum atomic E-state index is 11.9. The summed E-state index contributed by atoms with van der Waals surface area (Å²) in [5, 5.41) is 11.6. The number of amides is 2. The molecule has 0 atom stereocenters. The van der Waals surface area contributed by atoms with Gasteiger partial charge in [0.25, 0.3) is 0 Å². The predicted octanol–water partition coefficient (Wildman–Crippen LogP) is 0.954. The first kappa shape index (κ1) is 14.8. The maximum Gasteiger partial charge on any atom is 0.339 e. The number of aromatic carboxylic acids is 1. The van der Waals surface area contributed by atoms with Crippen LogP contribution in [0.2, 0.25) is 0 Å². The molecule has 7 nitrogen and oxygen atoms in total. The van der Waals surface area contributed by atoms with E-state index in [-0.39, 0.29) is 29.7 Å². The van der Waals surface area contributed by atoms with Gasteiger partial charge in [-0.3, -0.25) is 9.59 Å². The van der Waals surface area contributed by atoms with E-state index in [4.69, 9.17) is 9.84 Å². The number of carbonyl (C=O) groups is 3. The van der Waals surface area contributed by atoms with Crippen molar-refractivity contribution < 1.29 is 24.2 Å². The van der Waals surface area contributed by atoms with Gasteiger partial charge in [0.1, 0.15) is 11.3 Å². The summed E-state index contributed by atoms with van der Waals surface area (Å²) < 4.78 is 4.98. The predicted molar refractivity (Wildman–Crippen MR) is 74.4 cm³/mol. The first-order chi connectivity index (χ1) is 10.0. The van der Waals surface area contributed by atoms with Crippen LogP contribution in [0.15, 0.2) is 18.2 Å². The molecular weight excluding hydrogens is 276 g/mol. The molecule has 112 valence electrons. The molecule has 2 rings (SSSR count). The Morgan fingerprint density at radius 1 is 1.43 bits per heavy atom. The van der Waals surface area contributed by atoms with Crippen molar-refractivity contribution in [1.82, 2.24) is 4.90 Å². The van der Waals surface area contributed by atoms with Gasteiger partial charge in [-0.2, -0.15) is 0 Å². The van der Waals surface area contributed by atoms with Crippen molar-refractivity contribution in [2.24, 2.45) is 0 Å². The van der Waals surface area contributed by atoms with Gasteiger partial charge in [-0.25, -0.2) is 4.79 Å². The summed E-state index contributed by atoms with van der Waals surface area (Å²) in [7, 11) is 1.36. The van der Waals surface area contributed by atoms with Gasteiger partial charge in [-0.05, 0) is 18.6 Å². The van der Waals surface area contributed by atoms with E-state index in [0.717, 1.165) is 6.42 Å². The van der Waals surface area contributed by atoms with E-state index in [1.165, 1.54) is 30.2 Å². The molecule has 7 heteroatoms. The van der Waals surface area contributed by atoms with E-state index in [1.54, 1.807) is 0 Å². The van der Waals surface area contributed by atoms with E-state index in [0.29, 0.717) is 18.7 Å². The molecular formula is C14H16N2O5. The Bertz CT molecular complexity index is 585. The highest BCUT2D eigenvalue weighted by atomic mass is 16.5. The van der Waals surface area contributed by atoms with Crippen LogP contribution in [0.3, 0.4) is 0 Å². The third-order valence-corrected chi connectivity index (χ3v) is 3.22. The molecule has 1 aromatic carbocycles. The van der Waals surface area contributed by atoms with Crippen LogP contribution in [0.1, 0.15) is 23.2 Å². The van der Waals surface area contributed by atoms with Crippen molar-refractivity contribution in [3.63, 3.8) is 0 Å². The summed E-state index contributed by atoms with van der Waals surface area (Å²) in [4.78, 5) is 35.8. The number of carboxylic acids is 1. The van der Waals surface area contributed by atoms with Crippen LogP contribution in [0.25, 0.3) is 0 Å². The number of methoxy groups -OCH3 is 1. The van der Waals surface area contributed by atoms with Gasteiger partial charge in [0, 0.05) is 24.7 Å². The van der Waals surface area contributed by atoms with E-state index >= 15 is 0 Å². The fourth-order valence-electron chi connectivity index (χ4n) is 2.19. The minimum absolute atomic E-state index is 0.00182. The molecule has 0 saturated carbocycles. The van der Waals surface area contributed by atoms with Crippen molar-refractivity contribution in [3.05, 3.63) is 23.8 Å². The molecule has 0 aromatic heterocycles. The smallest absolute Gasteiger partial charge is 0.339 e. The zero-order valence-corrected chi connectivity index (χ0v) is 11.6. The quantitative estimate of drug-likeness (QED) is 0.842. The number of ether oxygens (including phenoxy) is 1. The number of anilines is 1. The lowest BCUT2D eigenvalue weighted by molar-refractivity contribution is -0.131. The molecule has 0 spiro atoms. The number of likely N-dealkylation sites (tertiary alicyclic amines) is 1. The highest BCUT2D eigenvalue weighted by Crippen LogP contribution is 2.23. The first-order valence-corrected chi connectivity index (χ1v) is 6.50. The summed E-state index contributed by atoms with van der Waals surface area (Å²) in [6.07, 6.45) is 1.25. The van der Waals surface area contributed by atoms with Crippen LogP contribution in [0.5, 0.6) is 5.75 Å². The minimum Gasteiger partial charge on any atom is -0.496 e. The molecule has 2 N–H and O–H groups in total. The van der Waals surface area contributed by atoms with Gasteiger partial charge in [-0.15, -0.1) is 0 Å². The summed E-state index contributed by atoms with van der Waals surface area (Å²) in [5.74, 6) is -1.29. The second-order valence-corrected chi connectivity index (χ2v) is 4.69. The number of rotatable bonds is 5. The van der Waals surface area contributed by atoms with Gasteiger partial charge >= 0.3 is 5.97 Å². The molecule has 0 unspecified atom stereocenters. The highest BCUT2D eigenvalue weighted by Gasteiger charge is 2.22. The van der Waals surface area contributed by atoms with Crippen LogP contribution < -0.4 is 10.1 Å². The summed E-state index contributed by atoms with van der Waals surface area (Å²) in [5.41, 5.74) is 0.443. The van der Waals surface area contributed by atoms with E-state index < -0.39 is 5.97 Å². The Labute approximate surface area is 121 Å². The van der Waals surface area contributed by atoms with Crippen molar-refractivity contribution in [2.45, 2.75) is 12.8 Å². The molecule has 1 aliphatic heterocycles. The molecule has 1 aliphatic rings. The van der Waals surface area contributed by atoms with Gasteiger partial charge < -0.3 is 20.1 Å². The van der Waals surface area contributed by atoms with E-state index in [9.17, 15) is 14.4 Å². The molecule has 1 aromatic rings. The molecule has 21 heavy (non-hydrogen) atoms. The molecule has 0 radical (unpaired) electrons. The fourth-order valence-corrected chi connectivity index (χ4v) is 2.19. The Balaban J connectivity index is 2.03. The topological polar surface area (TPSA) is 95.9 Å². The first-order valence-electron chi connectivity index (χ1n) is 6.50. The Morgan fingerprint density at radius 2 is 2.19 bits per heavy atom. The van der Waals surface area contributed by atoms with Gasteiger partial charge in [0.2, 0.25) is 11.8 Å². The van der Waals surface area contributed by atoms with Crippen molar-refractivity contribution in [1.29, 1.82) is 0 Å². The normalized spacial score (nSPS) is 14.1. The number of nitrogens with zero attached hydrogens (tertiary/aromatic N) is 1. The number of hydrogen-bond acceptors (Lipinski definition) is 4. The molecule has 1 saturated heterocycles. The lowest BCUT2D eigenvalue weighted by atomic mass is 10.2. The second-order valence-electron chi connectivity index (χ2n) is 4.69. The van der Waals surface area contributed by atoms with Crippen LogP contribution in [-0.2, 0) is 9.59 Å². The largest absolute Gasteiger partial charge is 0.496 e. The number of benzene rings is 1. The average molecular weight is 292 g/mol. The third kappa shape index (κ3) is 3.50. The number of hydrogen-bond donors (Lipinski definition) is 2. The number of nitrogens with one attached hydrogen (secondary N) is 1. The lowest BCUT2D eigenvalue weighted by Gasteiger charge is -2.15. The zero-order chi connectivity index (χ0) is 15.4. The van der Waals surface area contributed by atoms with E-state index in [2.05, 4.69) is 5.32 Å². The summed E-state index contributed by atoms with van der Waals surface area (Å²) in [6.45, 7) is 0.593. The molecule has 2 amide bonds. The highest BCUT2D eigenvalue weighted by molar-refractivity contribution is 5.96. The summed E-state index contributed by atoms with van der Waals surface area (Å²) >= 11 is 0. The van der Waals surface area contributed by atoms with E-state index in [1.807, 2.05) is 0 Å². The zero-order valence-electron chi connectivity index (χ0n) is 11.6. The Kier molecular flexibility index (Phi) is 4.42. The molecule has 0 aliphatic carbocycles. The van der Waals surface area contributed by atoms with Crippen molar-refractivity contribution >= 4 is 23.5 Å². The molecule has 1 fully saturated rings. The number of carbonyl (C=O) groups excluding carboxylic acids is 2. The van der Waals surface area contributed by atoms with Crippen LogP contribution in [0.4, 0.5) is 5.69 Å². The monoisotopic (exact) mass is 292 g/mol.